The maximum Gasteiger partial charge on any atom is 0.198 e. The lowest BCUT2D eigenvalue weighted by molar-refractivity contribution is 0.230. The van der Waals surface area contributed by atoms with Crippen LogP contribution in [-0.2, 0) is 0 Å². The molecule has 1 N–H and O–H groups in total. The normalized spacial score (nSPS) is 24.6. The maximum atomic E-state index is 9.06. The molecule has 1 saturated heterocycles. The third-order valence-electron chi connectivity index (χ3n) is 3.29. The van der Waals surface area contributed by atoms with E-state index in [1.54, 1.807) is 6.26 Å². The fraction of sp³-hybridized carbons (Fsp3) is 0.750. The summed E-state index contributed by atoms with van der Waals surface area (Å²) >= 11 is 0. The first-order valence-electron chi connectivity index (χ1n) is 5.95. The van der Waals surface area contributed by atoms with E-state index in [1.165, 1.54) is 6.42 Å². The SMILES string of the molecule is CC(CO)c1coc(C2CCCN(C)C2)n1. The lowest BCUT2D eigenvalue weighted by Crippen LogP contribution is -2.30. The third kappa shape index (κ3) is 2.44. The predicted molar refractivity (Wildman–Crippen MR) is 61.5 cm³/mol. The summed E-state index contributed by atoms with van der Waals surface area (Å²) in [6.07, 6.45) is 4.04. The molecule has 0 radical (unpaired) electrons. The fourth-order valence-electron chi connectivity index (χ4n) is 2.18. The summed E-state index contributed by atoms with van der Waals surface area (Å²) < 4.78 is 5.53. The number of piperidine rings is 1. The number of hydrogen-bond acceptors (Lipinski definition) is 4. The molecule has 2 atom stereocenters. The van der Waals surface area contributed by atoms with Crippen molar-refractivity contribution < 1.29 is 9.52 Å². The second-order valence-electron chi connectivity index (χ2n) is 4.80. The second-order valence-corrected chi connectivity index (χ2v) is 4.80. The van der Waals surface area contributed by atoms with Crippen molar-refractivity contribution in [3.63, 3.8) is 0 Å². The van der Waals surface area contributed by atoms with Gasteiger partial charge in [0, 0.05) is 18.4 Å². The van der Waals surface area contributed by atoms with Crippen molar-refractivity contribution >= 4 is 0 Å². The fourth-order valence-corrected chi connectivity index (χ4v) is 2.18. The summed E-state index contributed by atoms with van der Waals surface area (Å²) in [4.78, 5) is 6.80. The Kier molecular flexibility index (Phi) is 3.61. The number of rotatable bonds is 3. The van der Waals surface area contributed by atoms with Gasteiger partial charge >= 0.3 is 0 Å². The Morgan fingerprint density at radius 3 is 3.19 bits per heavy atom. The zero-order valence-electron chi connectivity index (χ0n) is 10.0. The minimum atomic E-state index is 0.0684. The average Bonchev–Trinajstić information content (AvgIpc) is 2.77. The molecule has 2 unspecified atom stereocenters. The Morgan fingerprint density at radius 2 is 2.50 bits per heavy atom. The van der Waals surface area contributed by atoms with Crippen LogP contribution < -0.4 is 0 Å². The minimum absolute atomic E-state index is 0.0684. The lowest BCUT2D eigenvalue weighted by atomic mass is 9.98. The van der Waals surface area contributed by atoms with Crippen LogP contribution in [0.25, 0.3) is 0 Å². The van der Waals surface area contributed by atoms with Crippen LogP contribution in [0.2, 0.25) is 0 Å². The van der Waals surface area contributed by atoms with E-state index in [-0.39, 0.29) is 12.5 Å². The topological polar surface area (TPSA) is 49.5 Å². The van der Waals surface area contributed by atoms with Crippen molar-refractivity contribution in [1.29, 1.82) is 0 Å². The average molecular weight is 224 g/mol. The van der Waals surface area contributed by atoms with E-state index in [4.69, 9.17) is 9.52 Å². The highest BCUT2D eigenvalue weighted by Crippen LogP contribution is 2.26. The van der Waals surface area contributed by atoms with Gasteiger partial charge in [0.15, 0.2) is 5.89 Å². The molecule has 0 bridgehead atoms. The number of likely N-dealkylation sites (tertiary alicyclic amines) is 1. The van der Waals surface area contributed by atoms with Crippen molar-refractivity contribution in [3.8, 4) is 0 Å². The first-order chi connectivity index (χ1) is 7.70. The first kappa shape index (κ1) is 11.6. The molecule has 1 aromatic rings. The van der Waals surface area contributed by atoms with Crippen LogP contribution >= 0.6 is 0 Å². The van der Waals surface area contributed by atoms with E-state index in [0.717, 1.165) is 31.1 Å². The first-order valence-corrected chi connectivity index (χ1v) is 5.95. The standard InChI is InChI=1S/C12H20N2O2/c1-9(7-15)11-8-16-12(13-11)10-4-3-5-14(2)6-10/h8-10,15H,3-7H2,1-2H3. The summed E-state index contributed by atoms with van der Waals surface area (Å²) in [5.74, 6) is 1.32. The molecule has 1 aliphatic rings. The highest BCUT2D eigenvalue weighted by molar-refractivity contribution is 5.06. The van der Waals surface area contributed by atoms with Crippen LogP contribution in [0.3, 0.4) is 0 Å². The summed E-state index contributed by atoms with van der Waals surface area (Å²) in [5, 5.41) is 9.06. The van der Waals surface area contributed by atoms with Crippen molar-refractivity contribution in [2.45, 2.75) is 31.6 Å². The van der Waals surface area contributed by atoms with Crippen LogP contribution in [0.1, 0.15) is 43.2 Å². The molecule has 4 nitrogen and oxygen atoms in total. The molecule has 4 heteroatoms. The van der Waals surface area contributed by atoms with Gasteiger partial charge in [0.1, 0.15) is 6.26 Å². The van der Waals surface area contributed by atoms with E-state index in [1.807, 2.05) is 6.92 Å². The summed E-state index contributed by atoms with van der Waals surface area (Å²) in [7, 11) is 2.13. The highest BCUT2D eigenvalue weighted by Gasteiger charge is 2.23. The number of likely N-dealkylation sites (N-methyl/N-ethyl adjacent to an activating group) is 1. The lowest BCUT2D eigenvalue weighted by Gasteiger charge is -2.27. The van der Waals surface area contributed by atoms with E-state index in [0.29, 0.717) is 5.92 Å². The molecular weight excluding hydrogens is 204 g/mol. The van der Waals surface area contributed by atoms with Crippen LogP contribution in [0.4, 0.5) is 0 Å². The summed E-state index contributed by atoms with van der Waals surface area (Å²) in [5.41, 5.74) is 0.866. The van der Waals surface area contributed by atoms with Gasteiger partial charge in [-0.15, -0.1) is 0 Å². The van der Waals surface area contributed by atoms with Gasteiger partial charge in [-0.2, -0.15) is 0 Å². The third-order valence-corrected chi connectivity index (χ3v) is 3.29. The molecule has 0 amide bonds. The largest absolute Gasteiger partial charge is 0.448 e. The number of nitrogens with zero attached hydrogens (tertiary/aromatic N) is 2. The number of oxazole rings is 1. The molecule has 16 heavy (non-hydrogen) atoms. The van der Waals surface area contributed by atoms with Gasteiger partial charge in [0.2, 0.25) is 0 Å². The van der Waals surface area contributed by atoms with Crippen molar-refractivity contribution in [2.24, 2.45) is 0 Å². The quantitative estimate of drug-likeness (QED) is 0.847. The van der Waals surface area contributed by atoms with Crippen LogP contribution in [-0.4, -0.2) is 41.7 Å². The molecule has 0 aliphatic carbocycles. The predicted octanol–water partition coefficient (Wildman–Crippen LogP) is 1.58. The monoisotopic (exact) mass is 224 g/mol. The van der Waals surface area contributed by atoms with E-state index in [9.17, 15) is 0 Å². The molecule has 2 heterocycles. The number of aromatic nitrogens is 1. The van der Waals surface area contributed by atoms with Crippen LogP contribution in [0.5, 0.6) is 0 Å². The Hall–Kier alpha value is -0.870. The van der Waals surface area contributed by atoms with Gasteiger partial charge in [0.25, 0.3) is 0 Å². The van der Waals surface area contributed by atoms with Gasteiger partial charge < -0.3 is 14.4 Å². The molecule has 1 aliphatic heterocycles. The maximum absolute atomic E-state index is 9.06. The zero-order valence-corrected chi connectivity index (χ0v) is 10.0. The molecule has 0 spiro atoms. The van der Waals surface area contributed by atoms with Gasteiger partial charge in [-0.25, -0.2) is 4.98 Å². The number of hydrogen-bond donors (Lipinski definition) is 1. The van der Waals surface area contributed by atoms with Gasteiger partial charge in [-0.3, -0.25) is 0 Å². The molecular formula is C12H20N2O2. The van der Waals surface area contributed by atoms with E-state index < -0.39 is 0 Å². The zero-order chi connectivity index (χ0) is 11.5. The van der Waals surface area contributed by atoms with Crippen molar-refractivity contribution in [3.05, 3.63) is 17.8 Å². The molecule has 1 aromatic heterocycles. The Labute approximate surface area is 96.3 Å². The molecule has 90 valence electrons. The molecule has 1 fully saturated rings. The minimum Gasteiger partial charge on any atom is -0.448 e. The Balaban J connectivity index is 2.06. The van der Waals surface area contributed by atoms with Gasteiger partial charge in [-0.05, 0) is 26.4 Å². The molecule has 0 aromatic carbocycles. The van der Waals surface area contributed by atoms with Gasteiger partial charge in [-0.1, -0.05) is 6.92 Å². The van der Waals surface area contributed by atoms with Crippen molar-refractivity contribution in [1.82, 2.24) is 9.88 Å². The van der Waals surface area contributed by atoms with Crippen molar-refractivity contribution in [2.75, 3.05) is 26.7 Å². The second kappa shape index (κ2) is 4.97. The number of aliphatic hydroxyl groups excluding tert-OH is 1. The summed E-state index contributed by atoms with van der Waals surface area (Å²) in [6, 6.07) is 0. The highest BCUT2D eigenvalue weighted by atomic mass is 16.3. The van der Waals surface area contributed by atoms with E-state index >= 15 is 0 Å². The Bertz CT molecular complexity index is 338. The molecule has 2 rings (SSSR count). The number of aliphatic hydroxyl groups is 1. The summed E-state index contributed by atoms with van der Waals surface area (Å²) in [6.45, 7) is 4.26. The smallest absolute Gasteiger partial charge is 0.198 e. The molecule has 0 saturated carbocycles. The van der Waals surface area contributed by atoms with Crippen LogP contribution in [0.15, 0.2) is 10.7 Å². The Morgan fingerprint density at radius 1 is 1.69 bits per heavy atom. The van der Waals surface area contributed by atoms with Gasteiger partial charge in [0.05, 0.1) is 12.3 Å². The van der Waals surface area contributed by atoms with Crippen LogP contribution in [0, 0.1) is 0 Å². The van der Waals surface area contributed by atoms with E-state index in [2.05, 4.69) is 16.9 Å².